The Morgan fingerprint density at radius 2 is 1.83 bits per heavy atom. The lowest BCUT2D eigenvalue weighted by Crippen LogP contribution is -2.35. The predicted molar refractivity (Wildman–Crippen MR) is 110 cm³/mol. The molecule has 0 amide bonds. The zero-order chi connectivity index (χ0) is 19.6. The minimum atomic E-state index is 0.472. The predicted octanol–water partition coefficient (Wildman–Crippen LogP) is 3.77. The van der Waals surface area contributed by atoms with Crippen LogP contribution >= 0.6 is 0 Å². The molecule has 2 aromatic carbocycles. The molecule has 6 nitrogen and oxygen atoms in total. The molecule has 0 atom stereocenters. The van der Waals surface area contributed by atoms with E-state index in [0.717, 1.165) is 54.6 Å². The van der Waals surface area contributed by atoms with Crippen LogP contribution in [-0.4, -0.2) is 41.4 Å². The molecule has 0 spiro atoms. The first kappa shape index (κ1) is 17.8. The second-order valence-corrected chi connectivity index (χ2v) is 7.23. The summed E-state index contributed by atoms with van der Waals surface area (Å²) in [7, 11) is 0. The molecule has 0 radical (unpaired) electrons. The molecule has 3 heterocycles. The van der Waals surface area contributed by atoms with Crippen LogP contribution < -0.4 is 5.36 Å². The highest BCUT2D eigenvalue weighted by Gasteiger charge is 2.13. The largest absolute Gasteiger partial charge is 0.454 e. The van der Waals surface area contributed by atoms with Crippen molar-refractivity contribution in [2.45, 2.75) is 6.54 Å². The second kappa shape index (κ2) is 7.66. The maximum absolute atomic E-state index is 9.63. The lowest BCUT2D eigenvalue weighted by Gasteiger charge is -2.26. The van der Waals surface area contributed by atoms with Gasteiger partial charge in [-0.05, 0) is 29.1 Å². The zero-order valence-electron chi connectivity index (χ0n) is 15.9. The maximum atomic E-state index is 9.63. The van der Waals surface area contributed by atoms with E-state index in [2.05, 4.69) is 21.1 Å². The van der Waals surface area contributed by atoms with Crippen molar-refractivity contribution in [3.05, 3.63) is 71.7 Å². The Kier molecular flexibility index (Phi) is 4.71. The normalized spacial score (nSPS) is 15.9. The van der Waals surface area contributed by atoms with Crippen LogP contribution in [0.5, 0.6) is 0 Å². The number of benzene rings is 2. The summed E-state index contributed by atoms with van der Waals surface area (Å²) in [4.78, 5) is 6.87. The molecule has 1 aliphatic rings. The summed E-state index contributed by atoms with van der Waals surface area (Å²) in [5.41, 5.74) is 2.51. The molecule has 0 saturated carbocycles. The lowest BCUT2D eigenvalue weighted by atomic mass is 10.1. The highest BCUT2D eigenvalue weighted by atomic mass is 16.5. The zero-order valence-corrected chi connectivity index (χ0v) is 15.9. The third-order valence-electron chi connectivity index (χ3n) is 5.31. The first-order chi connectivity index (χ1) is 14.3. The molecular formula is C23H21N3O3. The fraction of sp³-hybridized carbons (Fsp3) is 0.217. The Bertz CT molecular complexity index is 1240. The number of rotatable bonds is 3. The number of ether oxygens (including phenoxy) is 1. The van der Waals surface area contributed by atoms with Crippen molar-refractivity contribution in [2.24, 2.45) is 5.16 Å². The monoisotopic (exact) mass is 387 g/mol. The Labute approximate surface area is 167 Å². The van der Waals surface area contributed by atoms with Crippen LogP contribution in [0.1, 0.15) is 5.56 Å². The van der Waals surface area contributed by atoms with Gasteiger partial charge >= 0.3 is 0 Å². The van der Waals surface area contributed by atoms with Crippen molar-refractivity contribution in [1.29, 1.82) is 0 Å². The van der Waals surface area contributed by atoms with Gasteiger partial charge in [0.1, 0.15) is 16.6 Å². The number of hydrogen-bond donors (Lipinski definition) is 1. The summed E-state index contributed by atoms with van der Waals surface area (Å²) in [6, 6.07) is 17.8. The van der Waals surface area contributed by atoms with Crippen molar-refractivity contribution in [2.75, 3.05) is 26.3 Å². The Balaban J connectivity index is 1.55. The number of nitrogens with zero attached hydrogens (tertiary/aromatic N) is 3. The molecule has 1 fully saturated rings. The van der Waals surface area contributed by atoms with Crippen LogP contribution in [0.4, 0.5) is 0 Å². The molecule has 6 heteroatoms. The van der Waals surface area contributed by atoms with Gasteiger partial charge in [-0.3, -0.25) is 9.88 Å². The number of fused-ring (bicyclic) bond motifs is 2. The van der Waals surface area contributed by atoms with Gasteiger partial charge in [-0.2, -0.15) is 0 Å². The van der Waals surface area contributed by atoms with E-state index in [1.807, 2.05) is 48.7 Å². The van der Waals surface area contributed by atoms with Crippen molar-refractivity contribution < 1.29 is 14.4 Å². The maximum Gasteiger partial charge on any atom is 0.155 e. The first-order valence-corrected chi connectivity index (χ1v) is 9.70. The SMILES string of the molecule is ON=c1cc(-c2cc3ccccc3cn2)oc2ccc(CN3CCOCC3)cc12. The summed E-state index contributed by atoms with van der Waals surface area (Å²) < 4.78 is 11.5. The molecular weight excluding hydrogens is 366 g/mol. The van der Waals surface area contributed by atoms with Gasteiger partial charge in [-0.25, -0.2) is 0 Å². The Morgan fingerprint density at radius 3 is 2.66 bits per heavy atom. The van der Waals surface area contributed by atoms with Crippen molar-refractivity contribution in [3.8, 4) is 11.5 Å². The fourth-order valence-electron chi connectivity index (χ4n) is 3.76. The van der Waals surface area contributed by atoms with Crippen molar-refractivity contribution >= 4 is 21.7 Å². The van der Waals surface area contributed by atoms with E-state index in [9.17, 15) is 5.21 Å². The van der Waals surface area contributed by atoms with E-state index in [1.165, 1.54) is 0 Å². The van der Waals surface area contributed by atoms with E-state index >= 15 is 0 Å². The molecule has 146 valence electrons. The highest BCUT2D eigenvalue weighted by Crippen LogP contribution is 2.24. The van der Waals surface area contributed by atoms with Crippen LogP contribution in [0.25, 0.3) is 33.2 Å². The van der Waals surface area contributed by atoms with Crippen LogP contribution in [0.2, 0.25) is 0 Å². The van der Waals surface area contributed by atoms with Gasteiger partial charge in [0.05, 0.1) is 13.2 Å². The topological polar surface area (TPSA) is 71.1 Å². The van der Waals surface area contributed by atoms with Crippen molar-refractivity contribution in [1.82, 2.24) is 9.88 Å². The molecule has 1 aliphatic heterocycles. The van der Waals surface area contributed by atoms with E-state index in [4.69, 9.17) is 9.15 Å². The van der Waals surface area contributed by atoms with Gasteiger partial charge in [0, 0.05) is 42.7 Å². The molecule has 4 aromatic rings. The number of aromatic nitrogens is 1. The minimum Gasteiger partial charge on any atom is -0.454 e. The smallest absolute Gasteiger partial charge is 0.155 e. The van der Waals surface area contributed by atoms with Gasteiger partial charge in [-0.15, -0.1) is 0 Å². The quantitative estimate of drug-likeness (QED) is 0.428. The summed E-state index contributed by atoms with van der Waals surface area (Å²) in [5.74, 6) is 0.567. The van der Waals surface area contributed by atoms with E-state index in [1.54, 1.807) is 6.07 Å². The van der Waals surface area contributed by atoms with Crippen LogP contribution in [-0.2, 0) is 11.3 Å². The lowest BCUT2D eigenvalue weighted by molar-refractivity contribution is 0.0342. The summed E-state index contributed by atoms with van der Waals surface area (Å²) >= 11 is 0. The van der Waals surface area contributed by atoms with Gasteiger partial charge in [-0.1, -0.05) is 35.5 Å². The molecule has 29 heavy (non-hydrogen) atoms. The van der Waals surface area contributed by atoms with Crippen LogP contribution in [0.15, 0.2) is 70.4 Å². The molecule has 1 N–H and O–H groups in total. The standard InChI is InChI=1S/C23H21N3O3/c27-25-20-13-23(21-12-17-3-1-2-4-18(17)14-24-21)29-22-6-5-16(11-19(20)22)15-26-7-9-28-10-8-26/h1-6,11-14,27H,7-10,15H2. The van der Waals surface area contributed by atoms with Crippen LogP contribution in [0.3, 0.4) is 0 Å². The Morgan fingerprint density at radius 1 is 1.00 bits per heavy atom. The average molecular weight is 387 g/mol. The fourth-order valence-corrected chi connectivity index (χ4v) is 3.76. The van der Waals surface area contributed by atoms with Crippen molar-refractivity contribution in [3.63, 3.8) is 0 Å². The summed E-state index contributed by atoms with van der Waals surface area (Å²) in [6.45, 7) is 4.21. The molecule has 0 bridgehead atoms. The molecule has 5 rings (SSSR count). The van der Waals surface area contributed by atoms with E-state index in [-0.39, 0.29) is 0 Å². The van der Waals surface area contributed by atoms with Gasteiger partial charge in [0.25, 0.3) is 0 Å². The van der Waals surface area contributed by atoms with Crippen LogP contribution in [0, 0.1) is 0 Å². The third kappa shape index (κ3) is 3.60. The summed E-state index contributed by atoms with van der Waals surface area (Å²) in [6.07, 6.45) is 1.82. The second-order valence-electron chi connectivity index (χ2n) is 7.23. The summed E-state index contributed by atoms with van der Waals surface area (Å²) in [5, 5.41) is 16.5. The highest BCUT2D eigenvalue weighted by molar-refractivity contribution is 5.85. The van der Waals surface area contributed by atoms with Gasteiger partial charge in [0.2, 0.25) is 0 Å². The minimum absolute atomic E-state index is 0.472. The first-order valence-electron chi connectivity index (χ1n) is 9.70. The molecule has 1 saturated heterocycles. The van der Waals surface area contributed by atoms with Gasteiger partial charge in [0.15, 0.2) is 5.76 Å². The Hall–Kier alpha value is -3.22. The van der Waals surface area contributed by atoms with E-state index in [0.29, 0.717) is 22.4 Å². The molecule has 0 unspecified atom stereocenters. The molecule has 2 aromatic heterocycles. The number of pyridine rings is 1. The molecule has 0 aliphatic carbocycles. The average Bonchev–Trinajstić information content (AvgIpc) is 2.78. The van der Waals surface area contributed by atoms with E-state index < -0.39 is 0 Å². The number of morpholine rings is 1. The third-order valence-corrected chi connectivity index (χ3v) is 5.31. The number of hydrogen-bond acceptors (Lipinski definition) is 6. The van der Waals surface area contributed by atoms with Gasteiger partial charge < -0.3 is 14.4 Å².